The van der Waals surface area contributed by atoms with Crippen LogP contribution in [0.5, 0.6) is 0 Å². The zero-order valence-electron chi connectivity index (χ0n) is 11.2. The van der Waals surface area contributed by atoms with E-state index in [1.807, 2.05) is 23.0 Å². The maximum Gasteiger partial charge on any atom is 0.223 e. The number of carbonyl (C=O) groups excluding carboxylic acids is 1. The van der Waals surface area contributed by atoms with Crippen molar-refractivity contribution in [1.29, 1.82) is 0 Å². The number of carbonyl (C=O) groups is 1. The summed E-state index contributed by atoms with van der Waals surface area (Å²) in [6.07, 6.45) is 4.55. The smallest absolute Gasteiger partial charge is 0.223 e. The molecule has 4 heteroatoms. The van der Waals surface area contributed by atoms with Gasteiger partial charge in [-0.3, -0.25) is 4.79 Å². The van der Waals surface area contributed by atoms with Crippen molar-refractivity contribution in [3.63, 3.8) is 0 Å². The van der Waals surface area contributed by atoms with E-state index in [1.54, 1.807) is 19.0 Å². The number of rotatable bonds is 5. The highest BCUT2D eigenvalue weighted by molar-refractivity contribution is 5.75. The summed E-state index contributed by atoms with van der Waals surface area (Å²) in [4.78, 5) is 13.1. The Morgan fingerprint density at radius 3 is 2.65 bits per heavy atom. The molecule has 0 fully saturated rings. The van der Waals surface area contributed by atoms with Crippen molar-refractivity contribution >= 4 is 5.91 Å². The molecule has 4 nitrogen and oxygen atoms in total. The van der Waals surface area contributed by atoms with E-state index >= 15 is 0 Å². The van der Waals surface area contributed by atoms with E-state index in [0.29, 0.717) is 18.9 Å². The second kappa shape index (κ2) is 5.87. The number of aryl methyl sites for hydroxylation is 1. The molecule has 0 aromatic carbocycles. The molecule has 1 atom stereocenters. The van der Waals surface area contributed by atoms with Crippen LogP contribution in [0.2, 0.25) is 0 Å². The van der Waals surface area contributed by atoms with E-state index in [2.05, 4.69) is 13.8 Å². The second-order valence-corrected chi connectivity index (χ2v) is 4.99. The van der Waals surface area contributed by atoms with Crippen LogP contribution in [0.4, 0.5) is 0 Å². The van der Waals surface area contributed by atoms with E-state index in [1.165, 1.54) is 0 Å². The SMILES string of the molecule is CC(C)C(N)c1ccn(CCC(=O)N(C)C)c1. The highest BCUT2D eigenvalue weighted by Crippen LogP contribution is 2.18. The molecule has 1 unspecified atom stereocenters. The van der Waals surface area contributed by atoms with Crippen LogP contribution in [0.15, 0.2) is 18.5 Å². The predicted octanol–water partition coefficient (Wildman–Crippen LogP) is 1.62. The highest BCUT2D eigenvalue weighted by atomic mass is 16.2. The average molecular weight is 237 g/mol. The minimum Gasteiger partial charge on any atom is -0.353 e. The molecule has 0 spiro atoms. The fourth-order valence-electron chi connectivity index (χ4n) is 1.63. The molecule has 17 heavy (non-hydrogen) atoms. The minimum absolute atomic E-state index is 0.0702. The summed E-state index contributed by atoms with van der Waals surface area (Å²) < 4.78 is 2.03. The van der Waals surface area contributed by atoms with E-state index in [0.717, 1.165) is 5.56 Å². The fraction of sp³-hybridized carbons (Fsp3) is 0.615. The summed E-state index contributed by atoms with van der Waals surface area (Å²) in [5.41, 5.74) is 7.20. The fourth-order valence-corrected chi connectivity index (χ4v) is 1.63. The average Bonchev–Trinajstić information content (AvgIpc) is 2.72. The first kappa shape index (κ1) is 13.8. The number of hydrogen-bond donors (Lipinski definition) is 1. The van der Waals surface area contributed by atoms with Crippen molar-refractivity contribution in [1.82, 2.24) is 9.47 Å². The van der Waals surface area contributed by atoms with Crippen molar-refractivity contribution in [3.05, 3.63) is 24.0 Å². The third kappa shape index (κ3) is 3.89. The molecule has 1 heterocycles. The maximum atomic E-state index is 11.5. The van der Waals surface area contributed by atoms with Gasteiger partial charge in [0.2, 0.25) is 5.91 Å². The first-order chi connectivity index (χ1) is 7.91. The number of nitrogens with two attached hydrogens (primary N) is 1. The van der Waals surface area contributed by atoms with Gasteiger partial charge in [-0.05, 0) is 17.5 Å². The van der Waals surface area contributed by atoms with Gasteiger partial charge in [-0.1, -0.05) is 13.8 Å². The summed E-state index contributed by atoms with van der Waals surface area (Å²) >= 11 is 0. The lowest BCUT2D eigenvalue weighted by atomic mass is 10.00. The van der Waals surface area contributed by atoms with Crippen molar-refractivity contribution in [3.8, 4) is 0 Å². The Balaban J connectivity index is 2.54. The quantitative estimate of drug-likeness (QED) is 0.846. The number of hydrogen-bond acceptors (Lipinski definition) is 2. The predicted molar refractivity (Wildman–Crippen MR) is 69.5 cm³/mol. The Morgan fingerprint density at radius 1 is 1.47 bits per heavy atom. The first-order valence-electron chi connectivity index (χ1n) is 6.03. The number of nitrogens with zero attached hydrogens (tertiary/aromatic N) is 2. The Labute approximate surface area is 103 Å². The van der Waals surface area contributed by atoms with Crippen LogP contribution < -0.4 is 5.73 Å². The summed E-state index contributed by atoms with van der Waals surface area (Å²) in [5.74, 6) is 0.572. The molecule has 0 aliphatic heterocycles. The molecule has 0 saturated carbocycles. The van der Waals surface area contributed by atoms with Crippen LogP contribution in [0, 0.1) is 5.92 Å². The summed E-state index contributed by atoms with van der Waals surface area (Å²) in [6.45, 7) is 4.93. The van der Waals surface area contributed by atoms with Crippen LogP contribution in [0.3, 0.4) is 0 Å². The van der Waals surface area contributed by atoms with Crippen LogP contribution in [0.25, 0.3) is 0 Å². The van der Waals surface area contributed by atoms with Crippen molar-refractivity contribution in [2.45, 2.75) is 32.9 Å². The zero-order chi connectivity index (χ0) is 13.0. The van der Waals surface area contributed by atoms with E-state index in [4.69, 9.17) is 5.73 Å². The number of amides is 1. The van der Waals surface area contributed by atoms with E-state index in [9.17, 15) is 4.79 Å². The molecule has 0 radical (unpaired) electrons. The highest BCUT2D eigenvalue weighted by Gasteiger charge is 2.12. The van der Waals surface area contributed by atoms with Gasteiger partial charge in [0.15, 0.2) is 0 Å². The third-order valence-corrected chi connectivity index (χ3v) is 2.96. The molecule has 1 aromatic rings. The summed E-state index contributed by atoms with van der Waals surface area (Å²) in [7, 11) is 3.55. The van der Waals surface area contributed by atoms with E-state index in [-0.39, 0.29) is 11.9 Å². The molecule has 0 aliphatic carbocycles. The molecule has 96 valence electrons. The molecule has 0 aliphatic rings. The minimum atomic E-state index is 0.0702. The van der Waals surface area contributed by atoms with Crippen LogP contribution in [-0.2, 0) is 11.3 Å². The lowest BCUT2D eigenvalue weighted by Gasteiger charge is -2.13. The lowest BCUT2D eigenvalue weighted by Crippen LogP contribution is -2.22. The van der Waals surface area contributed by atoms with Gasteiger partial charge in [-0.25, -0.2) is 0 Å². The second-order valence-electron chi connectivity index (χ2n) is 4.99. The van der Waals surface area contributed by atoms with Gasteiger partial charge in [0.05, 0.1) is 0 Å². The van der Waals surface area contributed by atoms with Crippen molar-refractivity contribution < 1.29 is 4.79 Å². The molecule has 1 amide bonds. The van der Waals surface area contributed by atoms with Crippen molar-refractivity contribution in [2.75, 3.05) is 14.1 Å². The molecule has 1 rings (SSSR count). The maximum absolute atomic E-state index is 11.5. The Bertz CT molecular complexity index is 368. The van der Waals surface area contributed by atoms with Gasteiger partial charge in [0.25, 0.3) is 0 Å². The largest absolute Gasteiger partial charge is 0.353 e. The summed E-state index contributed by atoms with van der Waals surface area (Å²) in [6, 6.07) is 2.10. The molecule has 0 bridgehead atoms. The normalized spacial score (nSPS) is 12.8. The topological polar surface area (TPSA) is 51.3 Å². The van der Waals surface area contributed by atoms with Crippen LogP contribution >= 0.6 is 0 Å². The molecule has 0 saturated heterocycles. The molecular weight excluding hydrogens is 214 g/mol. The Morgan fingerprint density at radius 2 is 2.12 bits per heavy atom. The summed E-state index contributed by atoms with van der Waals surface area (Å²) in [5, 5.41) is 0. The molecule has 1 aromatic heterocycles. The Kier molecular flexibility index (Phi) is 4.75. The van der Waals surface area contributed by atoms with Gasteiger partial charge < -0.3 is 15.2 Å². The van der Waals surface area contributed by atoms with Gasteiger partial charge >= 0.3 is 0 Å². The van der Waals surface area contributed by atoms with Gasteiger partial charge in [-0.15, -0.1) is 0 Å². The first-order valence-corrected chi connectivity index (χ1v) is 6.03. The Hall–Kier alpha value is -1.29. The van der Waals surface area contributed by atoms with E-state index < -0.39 is 0 Å². The monoisotopic (exact) mass is 237 g/mol. The van der Waals surface area contributed by atoms with Crippen LogP contribution in [-0.4, -0.2) is 29.5 Å². The van der Waals surface area contributed by atoms with Gasteiger partial charge in [0.1, 0.15) is 0 Å². The molecular formula is C13H23N3O. The zero-order valence-corrected chi connectivity index (χ0v) is 11.2. The van der Waals surface area contributed by atoms with Gasteiger partial charge in [-0.2, -0.15) is 0 Å². The van der Waals surface area contributed by atoms with Crippen molar-refractivity contribution in [2.24, 2.45) is 11.7 Å². The molecule has 2 N–H and O–H groups in total. The standard InChI is InChI=1S/C13H23N3O/c1-10(2)13(14)11-5-7-16(9-11)8-6-12(17)15(3)4/h5,7,9-10,13H,6,8,14H2,1-4H3. The third-order valence-electron chi connectivity index (χ3n) is 2.96. The lowest BCUT2D eigenvalue weighted by molar-refractivity contribution is -0.128. The van der Waals surface area contributed by atoms with Crippen LogP contribution in [0.1, 0.15) is 31.9 Å². The number of aromatic nitrogens is 1. The van der Waals surface area contributed by atoms with Gasteiger partial charge in [0, 0.05) is 45.5 Å².